The summed E-state index contributed by atoms with van der Waals surface area (Å²) in [6.07, 6.45) is 3.30. The van der Waals surface area contributed by atoms with Crippen molar-refractivity contribution in [2.75, 3.05) is 10.5 Å². The monoisotopic (exact) mass is 285 g/mol. The van der Waals surface area contributed by atoms with Gasteiger partial charge in [-0.05, 0) is 25.1 Å². The van der Waals surface area contributed by atoms with Gasteiger partial charge in [0.05, 0.1) is 16.5 Å². The molecule has 0 aliphatic carbocycles. The second-order valence-corrected chi connectivity index (χ2v) is 6.01. The van der Waals surface area contributed by atoms with Crippen molar-refractivity contribution in [3.8, 4) is 5.69 Å². The molecular weight excluding hydrogens is 274 g/mol. The topological polar surface area (TPSA) is 64.0 Å². The smallest absolute Gasteiger partial charge is 0.232 e. The minimum atomic E-state index is -3.35. The first-order valence-electron chi connectivity index (χ1n) is 5.32. The van der Waals surface area contributed by atoms with Gasteiger partial charge >= 0.3 is 0 Å². The minimum absolute atomic E-state index is 0.00192. The van der Waals surface area contributed by atoms with Crippen molar-refractivity contribution in [2.24, 2.45) is 0 Å². The molecular formula is C11H12ClN3O2S. The molecule has 1 heterocycles. The van der Waals surface area contributed by atoms with Crippen LogP contribution in [-0.2, 0) is 10.0 Å². The SMILES string of the molecule is CCS(=O)(=O)Nc1cccc(Cl)c1-n1cccn1. The summed E-state index contributed by atoms with van der Waals surface area (Å²) in [6, 6.07) is 6.75. The maximum absolute atomic E-state index is 11.6. The fourth-order valence-electron chi connectivity index (χ4n) is 1.47. The predicted molar refractivity (Wildman–Crippen MR) is 71.7 cm³/mol. The molecule has 18 heavy (non-hydrogen) atoms. The summed E-state index contributed by atoms with van der Waals surface area (Å²) in [5.74, 6) is -0.00192. The van der Waals surface area contributed by atoms with Gasteiger partial charge in [0.1, 0.15) is 5.69 Å². The summed E-state index contributed by atoms with van der Waals surface area (Å²) < 4.78 is 27.3. The third-order valence-corrected chi connectivity index (χ3v) is 3.96. The fourth-order valence-corrected chi connectivity index (χ4v) is 2.38. The van der Waals surface area contributed by atoms with Gasteiger partial charge < -0.3 is 0 Å². The fraction of sp³-hybridized carbons (Fsp3) is 0.182. The van der Waals surface area contributed by atoms with E-state index in [-0.39, 0.29) is 5.75 Å². The number of para-hydroxylation sites is 1. The van der Waals surface area contributed by atoms with Gasteiger partial charge in [0.25, 0.3) is 0 Å². The second kappa shape index (κ2) is 4.99. The van der Waals surface area contributed by atoms with Gasteiger partial charge in [0.2, 0.25) is 10.0 Å². The number of anilines is 1. The maximum Gasteiger partial charge on any atom is 0.232 e. The van der Waals surface area contributed by atoms with Crippen LogP contribution in [0.4, 0.5) is 5.69 Å². The van der Waals surface area contributed by atoms with Crippen LogP contribution >= 0.6 is 11.6 Å². The number of benzene rings is 1. The minimum Gasteiger partial charge on any atom is -0.281 e. The number of rotatable bonds is 4. The number of aromatic nitrogens is 2. The van der Waals surface area contributed by atoms with Gasteiger partial charge in [-0.1, -0.05) is 17.7 Å². The summed E-state index contributed by atoms with van der Waals surface area (Å²) >= 11 is 6.10. The summed E-state index contributed by atoms with van der Waals surface area (Å²) in [6.45, 7) is 1.57. The van der Waals surface area contributed by atoms with E-state index in [1.807, 2.05) is 0 Å². The van der Waals surface area contributed by atoms with Gasteiger partial charge in [0.15, 0.2) is 0 Å². The first-order chi connectivity index (χ1) is 8.53. The van der Waals surface area contributed by atoms with Crippen LogP contribution in [0.2, 0.25) is 5.02 Å². The summed E-state index contributed by atoms with van der Waals surface area (Å²) in [5.41, 5.74) is 0.925. The highest BCUT2D eigenvalue weighted by Crippen LogP contribution is 2.28. The summed E-state index contributed by atoms with van der Waals surface area (Å²) in [5, 5.41) is 4.49. The van der Waals surface area contributed by atoms with E-state index < -0.39 is 10.0 Å². The second-order valence-electron chi connectivity index (χ2n) is 3.59. The zero-order valence-corrected chi connectivity index (χ0v) is 11.2. The van der Waals surface area contributed by atoms with Crippen LogP contribution in [0.15, 0.2) is 36.7 Å². The Labute approximate surface area is 110 Å². The van der Waals surface area contributed by atoms with Crippen LogP contribution < -0.4 is 4.72 Å². The van der Waals surface area contributed by atoms with Crippen LogP contribution in [0.3, 0.4) is 0 Å². The van der Waals surface area contributed by atoms with E-state index in [2.05, 4.69) is 9.82 Å². The van der Waals surface area contributed by atoms with Crippen LogP contribution in [-0.4, -0.2) is 24.0 Å². The third-order valence-electron chi connectivity index (χ3n) is 2.37. The number of halogens is 1. The molecule has 0 aliphatic rings. The zero-order chi connectivity index (χ0) is 13.2. The number of sulfonamides is 1. The molecule has 0 fully saturated rings. The van der Waals surface area contributed by atoms with Gasteiger partial charge in [0, 0.05) is 12.4 Å². The molecule has 0 spiro atoms. The van der Waals surface area contributed by atoms with E-state index >= 15 is 0 Å². The number of nitrogens with one attached hydrogen (secondary N) is 1. The van der Waals surface area contributed by atoms with Gasteiger partial charge in [-0.25, -0.2) is 13.1 Å². The molecule has 0 amide bonds. The van der Waals surface area contributed by atoms with E-state index in [0.29, 0.717) is 16.4 Å². The molecule has 96 valence electrons. The molecule has 2 aromatic rings. The average molecular weight is 286 g/mol. The van der Waals surface area contributed by atoms with Crippen LogP contribution in [0, 0.1) is 0 Å². The number of hydrogen-bond acceptors (Lipinski definition) is 3. The summed E-state index contributed by atoms with van der Waals surface area (Å²) in [4.78, 5) is 0. The van der Waals surface area contributed by atoms with E-state index in [9.17, 15) is 8.42 Å². The molecule has 7 heteroatoms. The molecule has 0 bridgehead atoms. The first-order valence-corrected chi connectivity index (χ1v) is 7.35. The van der Waals surface area contributed by atoms with E-state index in [1.54, 1.807) is 43.6 Å². The van der Waals surface area contributed by atoms with E-state index in [0.717, 1.165) is 0 Å². The Balaban J connectivity index is 2.52. The molecule has 1 aromatic heterocycles. The Hall–Kier alpha value is -1.53. The molecule has 0 saturated carbocycles. The molecule has 0 saturated heterocycles. The van der Waals surface area contributed by atoms with Crippen LogP contribution in [0.1, 0.15) is 6.92 Å². The standard InChI is InChI=1S/C11H12ClN3O2S/c1-2-18(16,17)14-10-6-3-5-9(12)11(10)15-8-4-7-13-15/h3-8,14H,2H2,1H3. The van der Waals surface area contributed by atoms with Crippen LogP contribution in [0.5, 0.6) is 0 Å². The Kier molecular flexibility index (Phi) is 3.58. The normalized spacial score (nSPS) is 11.4. The van der Waals surface area contributed by atoms with Crippen LogP contribution in [0.25, 0.3) is 5.69 Å². The highest BCUT2D eigenvalue weighted by molar-refractivity contribution is 7.92. The molecule has 2 rings (SSSR count). The van der Waals surface area contributed by atoms with Crippen molar-refractivity contribution < 1.29 is 8.42 Å². The Bertz CT molecular complexity index is 638. The molecule has 1 aromatic carbocycles. The number of nitrogens with zero attached hydrogens (tertiary/aromatic N) is 2. The zero-order valence-electron chi connectivity index (χ0n) is 9.67. The number of hydrogen-bond donors (Lipinski definition) is 1. The maximum atomic E-state index is 11.6. The predicted octanol–water partition coefficient (Wildman–Crippen LogP) is 2.29. The Morgan fingerprint density at radius 3 is 2.78 bits per heavy atom. The average Bonchev–Trinajstić information content (AvgIpc) is 2.82. The van der Waals surface area contributed by atoms with Gasteiger partial charge in [-0.3, -0.25) is 4.72 Å². The molecule has 0 radical (unpaired) electrons. The van der Waals surface area contributed by atoms with E-state index in [4.69, 9.17) is 11.6 Å². The molecule has 1 N–H and O–H groups in total. The first kappa shape index (κ1) is 12.9. The van der Waals surface area contributed by atoms with E-state index in [1.165, 1.54) is 4.68 Å². The molecule has 0 aliphatic heterocycles. The van der Waals surface area contributed by atoms with Crippen molar-refractivity contribution >= 4 is 27.3 Å². The molecule has 0 atom stereocenters. The van der Waals surface area contributed by atoms with Crippen molar-refractivity contribution in [3.05, 3.63) is 41.7 Å². The molecule has 0 unspecified atom stereocenters. The summed E-state index contributed by atoms with van der Waals surface area (Å²) in [7, 11) is -3.35. The lowest BCUT2D eigenvalue weighted by Gasteiger charge is -2.13. The largest absolute Gasteiger partial charge is 0.281 e. The Morgan fingerprint density at radius 1 is 1.39 bits per heavy atom. The highest BCUT2D eigenvalue weighted by atomic mass is 35.5. The lowest BCUT2D eigenvalue weighted by atomic mass is 10.3. The van der Waals surface area contributed by atoms with Crippen molar-refractivity contribution in [1.82, 2.24) is 9.78 Å². The lowest BCUT2D eigenvalue weighted by Crippen LogP contribution is -2.16. The molecule has 5 nitrogen and oxygen atoms in total. The highest BCUT2D eigenvalue weighted by Gasteiger charge is 2.14. The van der Waals surface area contributed by atoms with Crippen molar-refractivity contribution in [1.29, 1.82) is 0 Å². The third kappa shape index (κ3) is 2.65. The Morgan fingerprint density at radius 2 is 2.17 bits per heavy atom. The van der Waals surface area contributed by atoms with Crippen molar-refractivity contribution in [3.63, 3.8) is 0 Å². The quantitative estimate of drug-likeness (QED) is 0.937. The lowest BCUT2D eigenvalue weighted by molar-refractivity contribution is 0.602. The van der Waals surface area contributed by atoms with Gasteiger partial charge in [-0.15, -0.1) is 0 Å². The van der Waals surface area contributed by atoms with Crippen molar-refractivity contribution in [2.45, 2.75) is 6.92 Å². The van der Waals surface area contributed by atoms with Gasteiger partial charge in [-0.2, -0.15) is 5.10 Å².